The van der Waals surface area contributed by atoms with E-state index in [0.717, 1.165) is 5.56 Å². The Hall–Kier alpha value is -2.73. The number of nitrogens with zero attached hydrogens (tertiary/aromatic N) is 1. The first-order valence-electron chi connectivity index (χ1n) is 9.95. The number of hydrogen-bond donors (Lipinski definition) is 1. The van der Waals surface area contributed by atoms with Crippen LogP contribution < -0.4 is 14.8 Å². The fraction of sp³-hybridized carbons (Fsp3) is 0.391. The predicted molar refractivity (Wildman–Crippen MR) is 118 cm³/mol. The normalized spacial score (nSPS) is 11.7. The summed E-state index contributed by atoms with van der Waals surface area (Å²) in [7, 11) is 1.59. The molecule has 0 aliphatic rings. The van der Waals surface area contributed by atoms with Crippen LogP contribution in [0.3, 0.4) is 0 Å². The lowest BCUT2D eigenvalue weighted by Crippen LogP contribution is -2.51. The molecule has 2 aromatic carbocycles. The summed E-state index contributed by atoms with van der Waals surface area (Å²) in [5.41, 5.74) is 0.866. The van der Waals surface area contributed by atoms with Crippen molar-refractivity contribution in [3.8, 4) is 11.5 Å². The van der Waals surface area contributed by atoms with Crippen LogP contribution in [-0.2, 0) is 16.1 Å². The van der Waals surface area contributed by atoms with Crippen LogP contribution in [0.25, 0.3) is 0 Å². The molecule has 2 amide bonds. The molecule has 0 bridgehead atoms. The van der Waals surface area contributed by atoms with Crippen molar-refractivity contribution in [2.24, 2.45) is 0 Å². The predicted octanol–water partition coefficient (Wildman–Crippen LogP) is 4.06. The van der Waals surface area contributed by atoms with Crippen molar-refractivity contribution in [3.63, 3.8) is 0 Å². The Labute approximate surface area is 183 Å². The largest absolute Gasteiger partial charge is 0.497 e. The number of halogens is 1. The molecule has 7 heteroatoms. The first-order chi connectivity index (χ1) is 14.3. The zero-order valence-corrected chi connectivity index (χ0v) is 18.6. The molecule has 0 aliphatic carbocycles. The summed E-state index contributed by atoms with van der Waals surface area (Å²) in [5.74, 6) is 0.763. The molecular weight excluding hydrogens is 404 g/mol. The molecule has 1 N–H and O–H groups in total. The van der Waals surface area contributed by atoms with E-state index in [9.17, 15) is 9.59 Å². The fourth-order valence-corrected chi connectivity index (χ4v) is 3.15. The molecule has 0 heterocycles. The van der Waals surface area contributed by atoms with Gasteiger partial charge in [0.2, 0.25) is 5.91 Å². The first-order valence-corrected chi connectivity index (χ1v) is 10.3. The van der Waals surface area contributed by atoms with Crippen LogP contribution in [0.1, 0.15) is 32.8 Å². The smallest absolute Gasteiger partial charge is 0.261 e. The van der Waals surface area contributed by atoms with Crippen molar-refractivity contribution in [2.75, 3.05) is 13.7 Å². The summed E-state index contributed by atoms with van der Waals surface area (Å²) in [6, 6.07) is 13.6. The molecule has 0 spiro atoms. The van der Waals surface area contributed by atoms with Gasteiger partial charge < -0.3 is 19.7 Å². The third-order valence-electron chi connectivity index (χ3n) is 4.48. The summed E-state index contributed by atoms with van der Waals surface area (Å²) in [5, 5.41) is 3.49. The number of nitrogens with one attached hydrogen (secondary N) is 1. The summed E-state index contributed by atoms with van der Waals surface area (Å²) >= 11 is 5.89. The van der Waals surface area contributed by atoms with E-state index in [1.54, 1.807) is 36.3 Å². The molecule has 0 aliphatic heterocycles. The highest BCUT2D eigenvalue weighted by atomic mass is 35.5. The Morgan fingerprint density at radius 2 is 1.80 bits per heavy atom. The van der Waals surface area contributed by atoms with Crippen molar-refractivity contribution >= 4 is 23.4 Å². The van der Waals surface area contributed by atoms with Gasteiger partial charge in [-0.1, -0.05) is 30.7 Å². The molecule has 0 aromatic heterocycles. The van der Waals surface area contributed by atoms with E-state index in [0.29, 0.717) is 22.9 Å². The van der Waals surface area contributed by atoms with Crippen LogP contribution in [0, 0.1) is 0 Å². The van der Waals surface area contributed by atoms with Crippen LogP contribution in [0.15, 0.2) is 48.5 Å². The van der Waals surface area contributed by atoms with Crippen LogP contribution in [0.2, 0.25) is 5.02 Å². The third kappa shape index (κ3) is 6.95. The maximum atomic E-state index is 13.1. The lowest BCUT2D eigenvalue weighted by atomic mass is 10.1. The number of hydrogen-bond acceptors (Lipinski definition) is 4. The summed E-state index contributed by atoms with van der Waals surface area (Å²) < 4.78 is 10.9. The highest BCUT2D eigenvalue weighted by Crippen LogP contribution is 2.19. The van der Waals surface area contributed by atoms with Crippen molar-refractivity contribution in [2.45, 2.75) is 45.8 Å². The van der Waals surface area contributed by atoms with Gasteiger partial charge in [-0.2, -0.15) is 0 Å². The number of amides is 2. The van der Waals surface area contributed by atoms with Crippen molar-refractivity contribution in [1.29, 1.82) is 0 Å². The maximum absolute atomic E-state index is 13.1. The standard InChI is InChI=1S/C23H29ClN2O4/c1-5-21(23(28)25-16(2)3)26(14-17-7-6-8-20(13-17)29-4)22(27)15-30-19-11-9-18(24)10-12-19/h6-13,16,21H,5,14-15H2,1-4H3,(H,25,28)/t21-/m1/s1. The van der Waals surface area contributed by atoms with Gasteiger partial charge in [0.25, 0.3) is 5.91 Å². The average Bonchev–Trinajstić information content (AvgIpc) is 2.72. The number of carbonyl (C=O) groups excluding carboxylic acids is 2. The van der Waals surface area contributed by atoms with Gasteiger partial charge in [0, 0.05) is 17.6 Å². The molecule has 1 atom stereocenters. The Morgan fingerprint density at radius 1 is 1.10 bits per heavy atom. The number of ether oxygens (including phenoxy) is 2. The van der Waals surface area contributed by atoms with Crippen LogP contribution in [-0.4, -0.2) is 42.5 Å². The lowest BCUT2D eigenvalue weighted by Gasteiger charge is -2.31. The third-order valence-corrected chi connectivity index (χ3v) is 4.73. The molecule has 0 unspecified atom stereocenters. The minimum atomic E-state index is -0.611. The molecule has 2 rings (SSSR count). The average molecular weight is 433 g/mol. The maximum Gasteiger partial charge on any atom is 0.261 e. The second-order valence-electron chi connectivity index (χ2n) is 7.20. The zero-order valence-electron chi connectivity index (χ0n) is 17.9. The summed E-state index contributed by atoms with van der Waals surface area (Å²) in [6.07, 6.45) is 0.481. The first kappa shape index (κ1) is 23.5. The number of rotatable bonds is 10. The second-order valence-corrected chi connectivity index (χ2v) is 7.64. The number of methoxy groups -OCH3 is 1. The van der Waals surface area contributed by atoms with Gasteiger partial charge in [-0.3, -0.25) is 9.59 Å². The molecule has 30 heavy (non-hydrogen) atoms. The summed E-state index contributed by atoms with van der Waals surface area (Å²) in [4.78, 5) is 27.4. The molecule has 0 saturated heterocycles. The van der Waals surface area contributed by atoms with Gasteiger partial charge in [-0.15, -0.1) is 0 Å². The number of carbonyl (C=O) groups is 2. The summed E-state index contributed by atoms with van der Waals surface area (Å²) in [6.45, 7) is 5.75. The second kappa shape index (κ2) is 11.5. The van der Waals surface area contributed by atoms with Crippen molar-refractivity contribution in [1.82, 2.24) is 10.2 Å². The van der Waals surface area contributed by atoms with Crippen molar-refractivity contribution < 1.29 is 19.1 Å². The molecular formula is C23H29ClN2O4. The zero-order chi connectivity index (χ0) is 22.1. The van der Waals surface area contributed by atoms with E-state index in [4.69, 9.17) is 21.1 Å². The Morgan fingerprint density at radius 3 is 2.40 bits per heavy atom. The van der Waals surface area contributed by atoms with E-state index < -0.39 is 6.04 Å². The van der Waals surface area contributed by atoms with E-state index in [1.165, 1.54) is 0 Å². The van der Waals surface area contributed by atoms with E-state index in [2.05, 4.69) is 5.32 Å². The van der Waals surface area contributed by atoms with Crippen LogP contribution in [0.5, 0.6) is 11.5 Å². The molecule has 2 aromatic rings. The van der Waals surface area contributed by atoms with Crippen LogP contribution in [0.4, 0.5) is 0 Å². The van der Waals surface area contributed by atoms with Crippen LogP contribution >= 0.6 is 11.6 Å². The van der Waals surface area contributed by atoms with Gasteiger partial charge in [0.1, 0.15) is 17.5 Å². The minimum Gasteiger partial charge on any atom is -0.497 e. The highest BCUT2D eigenvalue weighted by Gasteiger charge is 2.29. The van der Waals surface area contributed by atoms with Crippen molar-refractivity contribution in [3.05, 3.63) is 59.1 Å². The fourth-order valence-electron chi connectivity index (χ4n) is 3.03. The lowest BCUT2D eigenvalue weighted by molar-refractivity contribution is -0.143. The topological polar surface area (TPSA) is 67.9 Å². The Balaban J connectivity index is 2.22. The Kier molecular flexibility index (Phi) is 8.99. The van der Waals surface area contributed by atoms with E-state index in [1.807, 2.05) is 45.0 Å². The molecule has 0 fully saturated rings. The van der Waals surface area contributed by atoms with E-state index >= 15 is 0 Å². The highest BCUT2D eigenvalue weighted by molar-refractivity contribution is 6.30. The van der Waals surface area contributed by atoms with Gasteiger partial charge in [0.15, 0.2) is 6.61 Å². The minimum absolute atomic E-state index is 0.0226. The van der Waals surface area contributed by atoms with Gasteiger partial charge in [-0.05, 0) is 62.2 Å². The number of benzene rings is 2. The van der Waals surface area contributed by atoms with E-state index in [-0.39, 0.29) is 31.0 Å². The monoisotopic (exact) mass is 432 g/mol. The Bertz CT molecular complexity index is 839. The molecule has 0 saturated carbocycles. The SMILES string of the molecule is CC[C@H](C(=O)NC(C)C)N(Cc1cccc(OC)c1)C(=O)COc1ccc(Cl)cc1. The molecule has 162 valence electrons. The van der Waals surface area contributed by atoms with Gasteiger partial charge in [-0.25, -0.2) is 0 Å². The van der Waals surface area contributed by atoms with Gasteiger partial charge >= 0.3 is 0 Å². The molecule has 0 radical (unpaired) electrons. The molecule has 6 nitrogen and oxygen atoms in total. The van der Waals surface area contributed by atoms with Gasteiger partial charge in [0.05, 0.1) is 7.11 Å². The quantitative estimate of drug-likeness (QED) is 0.614.